The summed E-state index contributed by atoms with van der Waals surface area (Å²) in [5, 5.41) is 12.9. The maximum atomic E-state index is 12.6. The van der Waals surface area contributed by atoms with Gasteiger partial charge in [-0.15, -0.1) is 0 Å². The van der Waals surface area contributed by atoms with Gasteiger partial charge in [-0.25, -0.2) is 4.79 Å². The second kappa shape index (κ2) is 7.15. The summed E-state index contributed by atoms with van der Waals surface area (Å²) in [5.41, 5.74) is 4.47. The molecular weight excluding hydrogens is 366 g/mol. The van der Waals surface area contributed by atoms with Gasteiger partial charge in [0.2, 0.25) is 0 Å². The molecular formula is C24H27NO4. The predicted octanol–water partition coefficient (Wildman–Crippen LogP) is 3.85. The molecule has 152 valence electrons. The van der Waals surface area contributed by atoms with Gasteiger partial charge in [-0.3, -0.25) is 0 Å². The van der Waals surface area contributed by atoms with Gasteiger partial charge in [0.1, 0.15) is 6.61 Å². The van der Waals surface area contributed by atoms with Crippen LogP contribution >= 0.6 is 0 Å². The van der Waals surface area contributed by atoms with Crippen molar-refractivity contribution >= 4 is 6.09 Å². The average Bonchev–Trinajstić information content (AvgIpc) is 3.05. The molecule has 5 nitrogen and oxygen atoms in total. The molecule has 1 saturated carbocycles. The number of hydrogen-bond acceptors (Lipinski definition) is 4. The molecule has 0 atom stereocenters. The van der Waals surface area contributed by atoms with Crippen molar-refractivity contribution in [3.63, 3.8) is 0 Å². The van der Waals surface area contributed by atoms with Gasteiger partial charge in [0.25, 0.3) is 0 Å². The zero-order valence-corrected chi connectivity index (χ0v) is 16.5. The maximum Gasteiger partial charge on any atom is 0.407 e. The van der Waals surface area contributed by atoms with Crippen molar-refractivity contribution in [3.05, 3.63) is 59.7 Å². The molecule has 2 fully saturated rings. The molecule has 2 aliphatic carbocycles. The summed E-state index contributed by atoms with van der Waals surface area (Å²) in [6, 6.07) is 16.6. The number of carbonyl (C=O) groups excluding carboxylic acids is 1. The molecule has 0 aromatic heterocycles. The Bertz CT molecular complexity index is 865. The Morgan fingerprint density at radius 2 is 1.62 bits per heavy atom. The lowest BCUT2D eigenvalue weighted by atomic mass is 9.54. The fourth-order valence-electron chi connectivity index (χ4n) is 5.63. The van der Waals surface area contributed by atoms with Crippen molar-refractivity contribution in [2.45, 2.75) is 37.1 Å². The Morgan fingerprint density at radius 1 is 1.03 bits per heavy atom. The van der Waals surface area contributed by atoms with Crippen molar-refractivity contribution in [3.8, 4) is 11.1 Å². The second-order valence-electron chi connectivity index (χ2n) is 8.85. The monoisotopic (exact) mass is 393 g/mol. The van der Waals surface area contributed by atoms with E-state index in [0.717, 1.165) is 38.9 Å². The molecule has 3 aliphatic rings. The van der Waals surface area contributed by atoms with Gasteiger partial charge in [0.15, 0.2) is 0 Å². The highest BCUT2D eigenvalue weighted by Gasteiger charge is 2.55. The molecule has 0 radical (unpaired) electrons. The summed E-state index contributed by atoms with van der Waals surface area (Å²) in [5.74, 6) is 0.0430. The van der Waals surface area contributed by atoms with Gasteiger partial charge in [-0.1, -0.05) is 48.5 Å². The normalized spacial score (nSPS) is 21.1. The Balaban J connectivity index is 1.24. The summed E-state index contributed by atoms with van der Waals surface area (Å²) in [4.78, 5) is 12.6. The zero-order chi connectivity index (χ0) is 19.9. The molecule has 0 bridgehead atoms. The van der Waals surface area contributed by atoms with Crippen molar-refractivity contribution in [1.29, 1.82) is 0 Å². The lowest BCUT2D eigenvalue weighted by Gasteiger charge is -2.57. The first-order chi connectivity index (χ1) is 14.1. The van der Waals surface area contributed by atoms with Crippen LogP contribution in [0.4, 0.5) is 4.79 Å². The number of aliphatic hydroxyl groups is 1. The summed E-state index contributed by atoms with van der Waals surface area (Å²) in [6.45, 7) is 1.78. The van der Waals surface area contributed by atoms with Crippen LogP contribution in [-0.4, -0.2) is 43.2 Å². The average molecular weight is 393 g/mol. The maximum absolute atomic E-state index is 12.6. The highest BCUT2D eigenvalue weighted by Crippen LogP contribution is 2.54. The molecule has 1 heterocycles. The van der Waals surface area contributed by atoms with Crippen molar-refractivity contribution < 1.29 is 19.4 Å². The lowest BCUT2D eigenvalue weighted by Crippen LogP contribution is -2.65. The van der Waals surface area contributed by atoms with E-state index in [-0.39, 0.29) is 17.9 Å². The Hall–Kier alpha value is -2.37. The van der Waals surface area contributed by atoms with Gasteiger partial charge in [0, 0.05) is 19.1 Å². The van der Waals surface area contributed by atoms with Crippen LogP contribution in [0.1, 0.15) is 42.7 Å². The fraction of sp³-hybridized carbons (Fsp3) is 0.458. The van der Waals surface area contributed by atoms with Crippen molar-refractivity contribution in [2.75, 3.05) is 26.4 Å². The molecule has 2 N–H and O–H groups in total. The SMILES string of the molecule is O=C(NC1(CO)CC2(CCOCC2)C1)OCC1c2ccccc2-c2ccccc21. The van der Waals surface area contributed by atoms with Crippen LogP contribution in [0.2, 0.25) is 0 Å². The number of hydrogen-bond donors (Lipinski definition) is 2. The third-order valence-electron chi connectivity index (χ3n) is 6.99. The number of alkyl carbamates (subject to hydrolysis) is 1. The minimum absolute atomic E-state index is 0.0430. The van der Waals surface area contributed by atoms with E-state index in [1.165, 1.54) is 22.3 Å². The van der Waals surface area contributed by atoms with Crippen LogP contribution in [0.5, 0.6) is 0 Å². The molecule has 2 aromatic rings. The van der Waals surface area contributed by atoms with Gasteiger partial charge in [0.05, 0.1) is 12.1 Å². The first-order valence-electron chi connectivity index (χ1n) is 10.5. The van der Waals surface area contributed by atoms with Crippen molar-refractivity contribution in [2.24, 2.45) is 5.41 Å². The van der Waals surface area contributed by atoms with Crippen LogP contribution in [-0.2, 0) is 9.47 Å². The van der Waals surface area contributed by atoms with Crippen molar-refractivity contribution in [1.82, 2.24) is 5.32 Å². The molecule has 29 heavy (non-hydrogen) atoms. The van der Waals surface area contributed by atoms with Crippen LogP contribution in [0.3, 0.4) is 0 Å². The van der Waals surface area contributed by atoms with E-state index in [0.29, 0.717) is 6.61 Å². The van der Waals surface area contributed by atoms with E-state index in [1.807, 2.05) is 24.3 Å². The number of nitrogens with one attached hydrogen (secondary N) is 1. The highest BCUT2D eigenvalue weighted by molar-refractivity contribution is 5.79. The number of fused-ring (bicyclic) bond motifs is 3. The summed E-state index contributed by atoms with van der Waals surface area (Å²) >= 11 is 0. The Kier molecular flexibility index (Phi) is 4.60. The molecule has 1 saturated heterocycles. The number of rotatable bonds is 4. The van der Waals surface area contributed by atoms with Crippen LogP contribution < -0.4 is 5.32 Å². The van der Waals surface area contributed by atoms with E-state index >= 15 is 0 Å². The Morgan fingerprint density at radius 3 is 2.21 bits per heavy atom. The predicted molar refractivity (Wildman–Crippen MR) is 110 cm³/mol. The smallest absolute Gasteiger partial charge is 0.407 e. The molecule has 1 spiro atoms. The molecule has 5 rings (SSSR count). The molecule has 5 heteroatoms. The number of benzene rings is 2. The Labute approximate surface area is 171 Å². The summed E-state index contributed by atoms with van der Waals surface area (Å²) < 4.78 is 11.1. The largest absolute Gasteiger partial charge is 0.449 e. The quantitative estimate of drug-likeness (QED) is 0.828. The second-order valence-corrected chi connectivity index (χ2v) is 8.85. The zero-order valence-electron chi connectivity index (χ0n) is 16.5. The third-order valence-corrected chi connectivity index (χ3v) is 6.99. The minimum Gasteiger partial charge on any atom is -0.449 e. The van der Waals surface area contributed by atoms with Gasteiger partial charge >= 0.3 is 6.09 Å². The molecule has 1 aliphatic heterocycles. The van der Waals surface area contributed by atoms with Gasteiger partial charge in [-0.2, -0.15) is 0 Å². The third kappa shape index (κ3) is 3.22. The van der Waals surface area contributed by atoms with Gasteiger partial charge in [-0.05, 0) is 53.4 Å². The van der Waals surface area contributed by atoms with E-state index in [2.05, 4.69) is 29.6 Å². The van der Waals surface area contributed by atoms with Crippen LogP contribution in [0.15, 0.2) is 48.5 Å². The number of carbonyl (C=O) groups is 1. The standard InChI is InChI=1S/C24H27NO4/c26-16-24(14-23(15-24)9-11-28-12-10-23)25-22(27)29-13-21-19-7-3-1-5-17(19)18-6-2-4-8-20(18)21/h1-8,21,26H,9-16H2,(H,25,27). The lowest BCUT2D eigenvalue weighted by molar-refractivity contribution is -0.0959. The number of ether oxygens (including phenoxy) is 2. The molecule has 1 amide bonds. The summed E-state index contributed by atoms with van der Waals surface area (Å²) in [7, 11) is 0. The van der Waals surface area contributed by atoms with Crippen LogP contribution in [0, 0.1) is 5.41 Å². The summed E-state index contributed by atoms with van der Waals surface area (Å²) in [6.07, 6.45) is 3.15. The first-order valence-corrected chi connectivity index (χ1v) is 10.5. The number of aliphatic hydroxyl groups excluding tert-OH is 1. The topological polar surface area (TPSA) is 67.8 Å². The number of amides is 1. The fourth-order valence-corrected chi connectivity index (χ4v) is 5.63. The first kappa shape index (κ1) is 18.6. The molecule has 0 unspecified atom stereocenters. The minimum atomic E-state index is -0.556. The van der Waals surface area contributed by atoms with E-state index in [4.69, 9.17) is 9.47 Å². The van der Waals surface area contributed by atoms with E-state index < -0.39 is 11.6 Å². The highest BCUT2D eigenvalue weighted by atomic mass is 16.5. The van der Waals surface area contributed by atoms with Gasteiger partial charge < -0.3 is 19.9 Å². The molecule has 2 aromatic carbocycles. The van der Waals surface area contributed by atoms with E-state index in [9.17, 15) is 9.90 Å². The van der Waals surface area contributed by atoms with E-state index in [1.54, 1.807) is 0 Å². The van der Waals surface area contributed by atoms with Crippen LogP contribution in [0.25, 0.3) is 11.1 Å².